The standard InChI is InChI=1S/C17H21N3/c1-13(15-9-5-3-6-10-15)19-17(18)20-14(2)16-11-7-4-8-12-16/h3-14H,1-2H3,(H3,18,19,20)/t13-,14-/m0/s1. The summed E-state index contributed by atoms with van der Waals surface area (Å²) in [6.07, 6.45) is 0. The molecule has 0 unspecified atom stereocenters. The lowest BCUT2D eigenvalue weighted by Crippen LogP contribution is -2.34. The molecule has 0 aliphatic heterocycles. The van der Waals surface area contributed by atoms with Crippen LogP contribution < -0.4 is 11.1 Å². The quantitative estimate of drug-likeness (QED) is 0.659. The lowest BCUT2D eigenvalue weighted by molar-refractivity contribution is 0.697. The van der Waals surface area contributed by atoms with Gasteiger partial charge < -0.3 is 11.1 Å². The summed E-state index contributed by atoms with van der Waals surface area (Å²) < 4.78 is 0. The largest absolute Gasteiger partial charge is 0.370 e. The van der Waals surface area contributed by atoms with Crippen molar-refractivity contribution in [1.29, 1.82) is 0 Å². The number of nitrogens with two attached hydrogens (primary N) is 1. The van der Waals surface area contributed by atoms with Crippen molar-refractivity contribution in [1.82, 2.24) is 5.32 Å². The molecule has 0 aliphatic rings. The minimum absolute atomic E-state index is 0.0478. The molecule has 0 saturated carbocycles. The second-order valence-electron chi connectivity index (χ2n) is 4.88. The number of aliphatic imine (C=N–C) groups is 1. The molecular formula is C17H21N3. The van der Waals surface area contributed by atoms with Crippen LogP contribution in [0.4, 0.5) is 0 Å². The van der Waals surface area contributed by atoms with Crippen LogP contribution in [0.15, 0.2) is 65.7 Å². The summed E-state index contributed by atoms with van der Waals surface area (Å²) in [5.74, 6) is 0.470. The Bertz CT molecular complexity index is 549. The Hall–Kier alpha value is -2.29. The van der Waals surface area contributed by atoms with E-state index in [2.05, 4.69) is 41.5 Å². The molecule has 3 heteroatoms. The van der Waals surface area contributed by atoms with E-state index in [0.717, 1.165) is 5.56 Å². The summed E-state index contributed by atoms with van der Waals surface area (Å²) in [6.45, 7) is 4.11. The maximum atomic E-state index is 5.99. The number of guanidine groups is 1. The van der Waals surface area contributed by atoms with Crippen molar-refractivity contribution in [2.45, 2.75) is 25.9 Å². The van der Waals surface area contributed by atoms with Crippen molar-refractivity contribution in [2.75, 3.05) is 0 Å². The molecule has 2 aromatic rings. The molecule has 0 spiro atoms. The maximum Gasteiger partial charge on any atom is 0.189 e. The predicted molar refractivity (Wildman–Crippen MR) is 84.5 cm³/mol. The first-order valence-electron chi connectivity index (χ1n) is 6.86. The number of hydrogen-bond acceptors (Lipinski definition) is 1. The summed E-state index contributed by atoms with van der Waals surface area (Å²) in [5.41, 5.74) is 8.34. The molecular weight excluding hydrogens is 246 g/mol. The molecule has 0 aromatic heterocycles. The average Bonchev–Trinajstić information content (AvgIpc) is 2.49. The fraction of sp³-hybridized carbons (Fsp3) is 0.235. The van der Waals surface area contributed by atoms with Gasteiger partial charge >= 0.3 is 0 Å². The lowest BCUT2D eigenvalue weighted by atomic mass is 10.1. The third kappa shape index (κ3) is 3.85. The monoisotopic (exact) mass is 267 g/mol. The van der Waals surface area contributed by atoms with E-state index in [1.165, 1.54) is 5.56 Å². The van der Waals surface area contributed by atoms with E-state index in [1.54, 1.807) is 0 Å². The van der Waals surface area contributed by atoms with Crippen molar-refractivity contribution in [3.8, 4) is 0 Å². The Morgan fingerprint density at radius 2 is 1.40 bits per heavy atom. The van der Waals surface area contributed by atoms with Crippen molar-refractivity contribution in [3.63, 3.8) is 0 Å². The van der Waals surface area contributed by atoms with Gasteiger partial charge in [0.1, 0.15) is 0 Å². The zero-order valence-electron chi connectivity index (χ0n) is 12.0. The highest BCUT2D eigenvalue weighted by molar-refractivity contribution is 5.78. The van der Waals surface area contributed by atoms with Crippen LogP contribution in [0, 0.1) is 0 Å². The molecule has 0 fully saturated rings. The highest BCUT2D eigenvalue weighted by Crippen LogP contribution is 2.16. The molecule has 0 bridgehead atoms. The highest BCUT2D eigenvalue weighted by atomic mass is 15.1. The first-order chi connectivity index (χ1) is 9.66. The van der Waals surface area contributed by atoms with E-state index in [0.29, 0.717) is 5.96 Å². The van der Waals surface area contributed by atoms with E-state index in [4.69, 9.17) is 5.73 Å². The van der Waals surface area contributed by atoms with Gasteiger partial charge in [-0.2, -0.15) is 0 Å². The van der Waals surface area contributed by atoms with E-state index in [9.17, 15) is 0 Å². The van der Waals surface area contributed by atoms with Gasteiger partial charge in [0.15, 0.2) is 5.96 Å². The second kappa shape index (κ2) is 6.75. The molecule has 0 radical (unpaired) electrons. The molecule has 20 heavy (non-hydrogen) atoms. The number of nitrogens with zero attached hydrogens (tertiary/aromatic N) is 1. The van der Waals surface area contributed by atoms with Gasteiger partial charge in [-0.05, 0) is 25.0 Å². The van der Waals surface area contributed by atoms with Crippen molar-refractivity contribution in [2.24, 2.45) is 10.7 Å². The fourth-order valence-corrected chi connectivity index (χ4v) is 2.10. The number of hydrogen-bond donors (Lipinski definition) is 2. The molecule has 104 valence electrons. The Morgan fingerprint density at radius 3 is 1.95 bits per heavy atom. The van der Waals surface area contributed by atoms with Gasteiger partial charge in [-0.1, -0.05) is 60.7 Å². The third-order valence-corrected chi connectivity index (χ3v) is 3.28. The molecule has 0 heterocycles. The van der Waals surface area contributed by atoms with E-state index >= 15 is 0 Å². The Morgan fingerprint density at radius 1 is 0.900 bits per heavy atom. The third-order valence-electron chi connectivity index (χ3n) is 3.28. The number of rotatable bonds is 4. The fourth-order valence-electron chi connectivity index (χ4n) is 2.10. The predicted octanol–water partition coefficient (Wildman–Crippen LogP) is 3.41. The summed E-state index contributed by atoms with van der Waals surface area (Å²) in [6, 6.07) is 20.5. The first-order valence-corrected chi connectivity index (χ1v) is 6.86. The minimum atomic E-state index is 0.0478. The maximum absolute atomic E-state index is 5.99. The number of benzene rings is 2. The van der Waals surface area contributed by atoms with Gasteiger partial charge in [-0.3, -0.25) is 0 Å². The normalized spacial score (nSPS) is 14.6. The Kier molecular flexibility index (Phi) is 4.77. The molecule has 0 saturated heterocycles. The SMILES string of the molecule is C[C@H](N=C(N)N[C@@H](C)c1ccccc1)c1ccccc1. The van der Waals surface area contributed by atoms with Crippen molar-refractivity contribution in [3.05, 3.63) is 71.8 Å². The van der Waals surface area contributed by atoms with Crippen LogP contribution in [0.25, 0.3) is 0 Å². The smallest absolute Gasteiger partial charge is 0.189 e. The Balaban J connectivity index is 2.01. The first kappa shape index (κ1) is 14.1. The second-order valence-corrected chi connectivity index (χ2v) is 4.88. The van der Waals surface area contributed by atoms with Crippen LogP contribution in [-0.4, -0.2) is 5.96 Å². The highest BCUT2D eigenvalue weighted by Gasteiger charge is 2.07. The van der Waals surface area contributed by atoms with Crippen LogP contribution in [-0.2, 0) is 0 Å². The summed E-state index contributed by atoms with van der Waals surface area (Å²) in [7, 11) is 0. The minimum Gasteiger partial charge on any atom is -0.370 e. The average molecular weight is 267 g/mol. The van der Waals surface area contributed by atoms with Gasteiger partial charge in [0.2, 0.25) is 0 Å². The molecule has 3 nitrogen and oxygen atoms in total. The van der Waals surface area contributed by atoms with Gasteiger partial charge in [-0.15, -0.1) is 0 Å². The molecule has 2 rings (SSSR count). The summed E-state index contributed by atoms with van der Waals surface area (Å²) >= 11 is 0. The molecule has 0 aliphatic carbocycles. The lowest BCUT2D eigenvalue weighted by Gasteiger charge is -2.16. The zero-order chi connectivity index (χ0) is 14.4. The molecule has 0 amide bonds. The van der Waals surface area contributed by atoms with Crippen LogP contribution >= 0.6 is 0 Å². The van der Waals surface area contributed by atoms with E-state index in [-0.39, 0.29) is 12.1 Å². The Labute approximate surface area is 120 Å². The van der Waals surface area contributed by atoms with Gasteiger partial charge in [-0.25, -0.2) is 4.99 Å². The van der Waals surface area contributed by atoms with Gasteiger partial charge in [0, 0.05) is 0 Å². The number of nitrogens with one attached hydrogen (secondary N) is 1. The van der Waals surface area contributed by atoms with Crippen molar-refractivity contribution >= 4 is 5.96 Å². The molecule has 2 atom stereocenters. The topological polar surface area (TPSA) is 50.4 Å². The molecule has 2 aromatic carbocycles. The van der Waals surface area contributed by atoms with Crippen molar-refractivity contribution < 1.29 is 0 Å². The van der Waals surface area contributed by atoms with Gasteiger partial charge in [0.25, 0.3) is 0 Å². The van der Waals surface area contributed by atoms with E-state index in [1.807, 2.05) is 43.3 Å². The van der Waals surface area contributed by atoms with Gasteiger partial charge in [0.05, 0.1) is 12.1 Å². The van der Waals surface area contributed by atoms with E-state index < -0.39 is 0 Å². The van der Waals surface area contributed by atoms with Crippen LogP contribution in [0.1, 0.15) is 37.1 Å². The molecule has 3 N–H and O–H groups in total. The van der Waals surface area contributed by atoms with Crippen LogP contribution in [0.2, 0.25) is 0 Å². The zero-order valence-corrected chi connectivity index (χ0v) is 12.0. The van der Waals surface area contributed by atoms with Crippen LogP contribution in [0.3, 0.4) is 0 Å². The van der Waals surface area contributed by atoms with Crippen LogP contribution in [0.5, 0.6) is 0 Å². The summed E-state index contributed by atoms with van der Waals surface area (Å²) in [5, 5.41) is 3.22. The summed E-state index contributed by atoms with van der Waals surface area (Å²) in [4.78, 5) is 4.50.